The van der Waals surface area contributed by atoms with Crippen LogP contribution in [0.2, 0.25) is 0 Å². The Morgan fingerprint density at radius 1 is 1.25 bits per heavy atom. The van der Waals surface area contributed by atoms with Crippen molar-refractivity contribution in [3.8, 4) is 0 Å². The highest BCUT2D eigenvalue weighted by Crippen LogP contribution is 2.26. The molecule has 0 saturated heterocycles. The van der Waals surface area contributed by atoms with Crippen molar-refractivity contribution in [3.63, 3.8) is 0 Å². The maximum Gasteiger partial charge on any atom is 0.261 e. The number of amidine groups is 1. The molecule has 2 aliphatic heterocycles. The smallest absolute Gasteiger partial charge is 0.261 e. The van der Waals surface area contributed by atoms with Crippen molar-refractivity contribution < 1.29 is 4.59 Å². The first-order valence-electron chi connectivity index (χ1n) is 5.22. The molecule has 0 aliphatic carbocycles. The van der Waals surface area contributed by atoms with Crippen molar-refractivity contribution in [2.75, 3.05) is 0 Å². The first kappa shape index (κ1) is 9.18. The van der Waals surface area contributed by atoms with E-state index in [1.54, 1.807) is 6.20 Å². The number of benzene rings is 1. The van der Waals surface area contributed by atoms with E-state index in [4.69, 9.17) is 5.73 Å². The molecular formula is C12H13N4+. The molecule has 1 aromatic carbocycles. The maximum atomic E-state index is 6.02. The maximum absolute atomic E-state index is 6.02. The van der Waals surface area contributed by atoms with Gasteiger partial charge < -0.3 is 5.73 Å². The minimum atomic E-state index is 0.421. The molecule has 0 amide bonds. The van der Waals surface area contributed by atoms with Gasteiger partial charge in [0.25, 0.3) is 5.84 Å². The summed E-state index contributed by atoms with van der Waals surface area (Å²) in [7, 11) is 0. The Hall–Kier alpha value is -2.07. The summed E-state index contributed by atoms with van der Waals surface area (Å²) in [6.45, 7) is 0.773. The van der Waals surface area contributed by atoms with Gasteiger partial charge in [0, 0.05) is 11.6 Å². The zero-order chi connectivity index (χ0) is 11.0. The van der Waals surface area contributed by atoms with E-state index in [-0.39, 0.29) is 0 Å². The van der Waals surface area contributed by atoms with Crippen LogP contribution in [-0.2, 0) is 6.54 Å². The van der Waals surface area contributed by atoms with E-state index in [2.05, 4.69) is 22.6 Å². The highest BCUT2D eigenvalue weighted by molar-refractivity contribution is 5.90. The molecule has 0 spiro atoms. The number of aliphatic imine (C=N–C) groups is 1. The lowest BCUT2D eigenvalue weighted by molar-refractivity contribution is -0.851. The molecule has 0 radical (unpaired) electrons. The summed E-state index contributed by atoms with van der Waals surface area (Å²) in [4.78, 5) is 4.30. The number of fused-ring (bicyclic) bond motifs is 1. The average Bonchev–Trinajstić information content (AvgIpc) is 2.82. The molecule has 0 saturated carbocycles. The van der Waals surface area contributed by atoms with Crippen LogP contribution in [0.1, 0.15) is 5.56 Å². The van der Waals surface area contributed by atoms with E-state index in [1.165, 1.54) is 5.56 Å². The summed E-state index contributed by atoms with van der Waals surface area (Å²) >= 11 is 0. The lowest BCUT2D eigenvalue weighted by atomic mass is 10.2. The van der Waals surface area contributed by atoms with Crippen LogP contribution in [0.4, 0.5) is 0 Å². The molecule has 1 atom stereocenters. The summed E-state index contributed by atoms with van der Waals surface area (Å²) in [6, 6.07) is 10.3. The van der Waals surface area contributed by atoms with Gasteiger partial charge in [-0.3, -0.25) is 0 Å². The van der Waals surface area contributed by atoms with E-state index >= 15 is 0 Å². The Balaban J connectivity index is 1.95. The van der Waals surface area contributed by atoms with Crippen LogP contribution in [0, 0.1) is 0 Å². The van der Waals surface area contributed by atoms with E-state index in [9.17, 15) is 0 Å². The predicted octanol–water partition coefficient (Wildman–Crippen LogP) is 1.20. The summed E-state index contributed by atoms with van der Waals surface area (Å²) in [5.74, 6) is 1.67. The highest BCUT2D eigenvalue weighted by atomic mass is 15.7. The van der Waals surface area contributed by atoms with Crippen molar-refractivity contribution in [1.29, 1.82) is 0 Å². The molecule has 16 heavy (non-hydrogen) atoms. The van der Waals surface area contributed by atoms with Gasteiger partial charge in [-0.1, -0.05) is 30.3 Å². The zero-order valence-electron chi connectivity index (χ0n) is 8.80. The van der Waals surface area contributed by atoms with E-state index < -0.39 is 0 Å². The molecule has 4 heteroatoms. The van der Waals surface area contributed by atoms with E-state index in [0.717, 1.165) is 18.2 Å². The quantitative estimate of drug-likeness (QED) is 0.725. The molecule has 2 aliphatic rings. The zero-order valence-corrected chi connectivity index (χ0v) is 8.80. The molecule has 4 nitrogen and oxygen atoms in total. The Morgan fingerprint density at radius 2 is 2.06 bits per heavy atom. The van der Waals surface area contributed by atoms with E-state index in [0.29, 0.717) is 4.59 Å². The molecule has 2 heterocycles. The molecule has 80 valence electrons. The third kappa shape index (κ3) is 1.17. The molecule has 1 aromatic rings. The third-order valence-corrected chi connectivity index (χ3v) is 2.95. The van der Waals surface area contributed by atoms with Crippen LogP contribution in [0.25, 0.3) is 0 Å². The van der Waals surface area contributed by atoms with Gasteiger partial charge in [0.1, 0.15) is 12.7 Å². The number of rotatable bonds is 2. The van der Waals surface area contributed by atoms with Crippen molar-refractivity contribution >= 4 is 5.84 Å². The molecule has 3 rings (SSSR count). The number of hydrogen-bond donors (Lipinski definition) is 2. The standard InChI is InChI=1S/C12H13N4/c13-11-8-14-12-6-7-15-16(11,12)9-10-4-2-1-3-5-10/h1-8,15H,9,13H2/q+1. The SMILES string of the molecule is NC1=CN=C2C=CN[N+]12Cc1ccccc1. The summed E-state index contributed by atoms with van der Waals surface area (Å²) in [5.41, 5.74) is 10.5. The molecule has 1 unspecified atom stereocenters. The van der Waals surface area contributed by atoms with Gasteiger partial charge in [0.05, 0.1) is 6.20 Å². The predicted molar refractivity (Wildman–Crippen MR) is 62.4 cm³/mol. The fraction of sp³-hybridized carbons (Fsp3) is 0.0833. The molecule has 0 fully saturated rings. The van der Waals surface area contributed by atoms with Crippen LogP contribution in [-0.4, -0.2) is 10.4 Å². The monoisotopic (exact) mass is 213 g/mol. The Morgan fingerprint density at radius 3 is 2.88 bits per heavy atom. The van der Waals surface area contributed by atoms with Gasteiger partial charge in [-0.25, -0.2) is 5.43 Å². The fourth-order valence-electron chi connectivity index (χ4n) is 2.09. The van der Waals surface area contributed by atoms with Gasteiger partial charge in [0.2, 0.25) is 5.82 Å². The number of hydrogen-bond acceptors (Lipinski definition) is 3. The Labute approximate surface area is 94.0 Å². The van der Waals surface area contributed by atoms with Crippen molar-refractivity contribution in [1.82, 2.24) is 5.43 Å². The fourth-order valence-corrected chi connectivity index (χ4v) is 2.09. The molecule has 3 N–H and O–H groups in total. The number of nitrogens with two attached hydrogens (primary N) is 1. The molecular weight excluding hydrogens is 200 g/mol. The van der Waals surface area contributed by atoms with Crippen molar-refractivity contribution in [3.05, 3.63) is 60.2 Å². The lowest BCUT2D eigenvalue weighted by Crippen LogP contribution is -2.55. The summed E-state index contributed by atoms with van der Waals surface area (Å²) in [5, 5.41) is 0. The Bertz CT molecular complexity index is 501. The van der Waals surface area contributed by atoms with Crippen molar-refractivity contribution in [2.45, 2.75) is 6.54 Å². The second kappa shape index (κ2) is 3.21. The number of quaternary nitrogens is 1. The lowest BCUT2D eigenvalue weighted by Gasteiger charge is -2.28. The summed E-state index contributed by atoms with van der Waals surface area (Å²) < 4.78 is 0.421. The first-order chi connectivity index (χ1) is 7.81. The van der Waals surface area contributed by atoms with Crippen LogP contribution >= 0.6 is 0 Å². The minimum absolute atomic E-state index is 0.421. The largest absolute Gasteiger partial charge is 0.351 e. The first-order valence-corrected chi connectivity index (χ1v) is 5.22. The molecule has 0 aromatic heterocycles. The topological polar surface area (TPSA) is 50.4 Å². The van der Waals surface area contributed by atoms with Gasteiger partial charge >= 0.3 is 0 Å². The Kier molecular flexibility index (Phi) is 1.84. The van der Waals surface area contributed by atoms with Crippen LogP contribution in [0.3, 0.4) is 0 Å². The van der Waals surface area contributed by atoms with Crippen LogP contribution < -0.4 is 11.2 Å². The van der Waals surface area contributed by atoms with Crippen LogP contribution in [0.5, 0.6) is 0 Å². The van der Waals surface area contributed by atoms with Crippen LogP contribution in [0.15, 0.2) is 59.6 Å². The van der Waals surface area contributed by atoms with Gasteiger partial charge in [-0.05, 0) is 0 Å². The van der Waals surface area contributed by atoms with Gasteiger partial charge in [-0.15, -0.1) is 4.59 Å². The van der Waals surface area contributed by atoms with Crippen molar-refractivity contribution in [2.24, 2.45) is 10.7 Å². The summed E-state index contributed by atoms with van der Waals surface area (Å²) in [6.07, 6.45) is 5.57. The minimum Gasteiger partial charge on any atom is -0.351 e. The van der Waals surface area contributed by atoms with E-state index in [1.807, 2.05) is 30.5 Å². The van der Waals surface area contributed by atoms with Gasteiger partial charge in [-0.2, -0.15) is 4.99 Å². The van der Waals surface area contributed by atoms with Gasteiger partial charge in [0.15, 0.2) is 0 Å². The average molecular weight is 213 g/mol. The highest BCUT2D eigenvalue weighted by Gasteiger charge is 2.43. The number of nitrogens with zero attached hydrogens (tertiary/aromatic N) is 2. The third-order valence-electron chi connectivity index (χ3n) is 2.95. The second-order valence-corrected chi connectivity index (χ2v) is 3.96. The number of nitrogens with one attached hydrogen (secondary N) is 1. The normalized spacial score (nSPS) is 26.0. The molecule has 0 bridgehead atoms. The second-order valence-electron chi connectivity index (χ2n) is 3.96.